The number of rotatable bonds is 5. The minimum Gasteiger partial charge on any atom is -0.312 e. The predicted octanol–water partition coefficient (Wildman–Crippen LogP) is 2.18. The summed E-state index contributed by atoms with van der Waals surface area (Å²) in [4.78, 5) is 5.01. The molecule has 1 N–H and O–H groups in total. The van der Waals surface area contributed by atoms with E-state index in [2.05, 4.69) is 50.1 Å². The predicted molar refractivity (Wildman–Crippen MR) is 82.6 cm³/mol. The summed E-state index contributed by atoms with van der Waals surface area (Å²) in [5.74, 6) is 0. The summed E-state index contributed by atoms with van der Waals surface area (Å²) in [6, 6.07) is 0.644. The molecule has 1 heterocycles. The van der Waals surface area contributed by atoms with Crippen LogP contribution in [0.3, 0.4) is 0 Å². The number of hydrogen-bond acceptors (Lipinski definition) is 3. The standard InChI is InChI=1S/C16H33N3/c1-15(2)8-7-11-17-14(15)12-19(5)13-16(18(3)4)9-6-10-16/h14,17H,6-13H2,1-5H3. The number of likely N-dealkylation sites (N-methyl/N-ethyl adjacent to an activating group) is 2. The Labute approximate surface area is 119 Å². The third-order valence-corrected chi connectivity index (χ3v) is 5.62. The maximum atomic E-state index is 3.74. The van der Waals surface area contributed by atoms with Gasteiger partial charge < -0.3 is 15.1 Å². The zero-order valence-electron chi connectivity index (χ0n) is 13.6. The molecule has 19 heavy (non-hydrogen) atoms. The van der Waals surface area contributed by atoms with Crippen molar-refractivity contribution in [3.8, 4) is 0 Å². The van der Waals surface area contributed by atoms with Gasteiger partial charge in [-0.3, -0.25) is 0 Å². The van der Waals surface area contributed by atoms with Crippen LogP contribution in [-0.4, -0.2) is 62.2 Å². The van der Waals surface area contributed by atoms with Crippen LogP contribution in [-0.2, 0) is 0 Å². The van der Waals surface area contributed by atoms with E-state index in [1.807, 2.05) is 0 Å². The molecule has 0 spiro atoms. The summed E-state index contributed by atoms with van der Waals surface area (Å²) in [5.41, 5.74) is 0.894. The first-order chi connectivity index (χ1) is 8.86. The van der Waals surface area contributed by atoms with Gasteiger partial charge in [-0.1, -0.05) is 13.8 Å². The first kappa shape index (κ1) is 15.3. The molecule has 0 aromatic heterocycles. The van der Waals surface area contributed by atoms with Crippen molar-refractivity contribution in [3.63, 3.8) is 0 Å². The van der Waals surface area contributed by atoms with E-state index in [1.54, 1.807) is 0 Å². The third-order valence-electron chi connectivity index (χ3n) is 5.62. The van der Waals surface area contributed by atoms with Gasteiger partial charge in [0.15, 0.2) is 0 Å². The van der Waals surface area contributed by atoms with Gasteiger partial charge >= 0.3 is 0 Å². The molecule has 3 heteroatoms. The molecular weight excluding hydrogens is 234 g/mol. The van der Waals surface area contributed by atoms with Gasteiger partial charge in [0.05, 0.1) is 0 Å². The zero-order chi connectivity index (χ0) is 14.1. The molecule has 1 saturated carbocycles. The molecule has 2 fully saturated rings. The Morgan fingerprint density at radius 1 is 1.05 bits per heavy atom. The van der Waals surface area contributed by atoms with E-state index in [-0.39, 0.29) is 0 Å². The van der Waals surface area contributed by atoms with Crippen LogP contribution in [0.2, 0.25) is 0 Å². The van der Waals surface area contributed by atoms with Crippen LogP contribution in [0.25, 0.3) is 0 Å². The van der Waals surface area contributed by atoms with Crippen molar-refractivity contribution < 1.29 is 0 Å². The highest BCUT2D eigenvalue weighted by Gasteiger charge is 2.41. The summed E-state index contributed by atoms with van der Waals surface area (Å²) in [6.45, 7) is 8.43. The Bertz CT molecular complexity index is 294. The van der Waals surface area contributed by atoms with Crippen LogP contribution < -0.4 is 5.32 Å². The molecule has 1 aliphatic carbocycles. The minimum atomic E-state index is 0.442. The fourth-order valence-corrected chi connectivity index (χ4v) is 3.79. The molecule has 2 rings (SSSR count). The van der Waals surface area contributed by atoms with Crippen molar-refractivity contribution >= 4 is 0 Å². The molecule has 0 radical (unpaired) electrons. The Morgan fingerprint density at radius 2 is 1.74 bits per heavy atom. The highest BCUT2D eigenvalue weighted by molar-refractivity contribution is 4.99. The first-order valence-corrected chi connectivity index (χ1v) is 7.95. The lowest BCUT2D eigenvalue weighted by Gasteiger charge is -2.50. The summed E-state index contributed by atoms with van der Waals surface area (Å²) < 4.78 is 0. The highest BCUT2D eigenvalue weighted by Crippen LogP contribution is 2.37. The van der Waals surface area contributed by atoms with E-state index >= 15 is 0 Å². The Hall–Kier alpha value is -0.120. The molecule has 0 aromatic rings. The van der Waals surface area contributed by atoms with Gasteiger partial charge in [-0.15, -0.1) is 0 Å². The maximum absolute atomic E-state index is 3.74. The topological polar surface area (TPSA) is 18.5 Å². The smallest absolute Gasteiger partial charge is 0.0330 e. The lowest BCUT2D eigenvalue weighted by Crippen LogP contribution is -2.59. The summed E-state index contributed by atoms with van der Waals surface area (Å²) in [6.07, 6.45) is 6.82. The Balaban J connectivity index is 1.88. The Morgan fingerprint density at radius 3 is 2.21 bits per heavy atom. The summed E-state index contributed by atoms with van der Waals surface area (Å²) in [5, 5.41) is 3.74. The van der Waals surface area contributed by atoms with Gasteiger partial charge in [0.1, 0.15) is 0 Å². The number of piperidine rings is 1. The molecule has 0 amide bonds. The van der Waals surface area contributed by atoms with Gasteiger partial charge in [-0.25, -0.2) is 0 Å². The van der Waals surface area contributed by atoms with Crippen LogP contribution in [0.1, 0.15) is 46.0 Å². The number of nitrogens with one attached hydrogen (secondary N) is 1. The Kier molecular flexibility index (Phi) is 4.59. The van der Waals surface area contributed by atoms with E-state index < -0.39 is 0 Å². The lowest BCUT2D eigenvalue weighted by molar-refractivity contribution is 0.0186. The van der Waals surface area contributed by atoms with Crippen molar-refractivity contribution in [1.82, 2.24) is 15.1 Å². The van der Waals surface area contributed by atoms with E-state index in [1.165, 1.54) is 51.7 Å². The minimum absolute atomic E-state index is 0.442. The molecule has 1 aliphatic heterocycles. The average molecular weight is 267 g/mol. The molecule has 1 atom stereocenters. The molecule has 112 valence electrons. The van der Waals surface area contributed by atoms with E-state index in [4.69, 9.17) is 0 Å². The van der Waals surface area contributed by atoms with Gasteiger partial charge in [0, 0.05) is 24.7 Å². The van der Waals surface area contributed by atoms with Crippen LogP contribution in [0.5, 0.6) is 0 Å². The fraction of sp³-hybridized carbons (Fsp3) is 1.00. The normalized spacial score (nSPS) is 29.5. The highest BCUT2D eigenvalue weighted by atomic mass is 15.2. The molecule has 3 nitrogen and oxygen atoms in total. The van der Waals surface area contributed by atoms with Crippen molar-refractivity contribution in [2.24, 2.45) is 5.41 Å². The van der Waals surface area contributed by atoms with Crippen molar-refractivity contribution in [2.75, 3.05) is 40.8 Å². The largest absolute Gasteiger partial charge is 0.312 e. The van der Waals surface area contributed by atoms with E-state index in [9.17, 15) is 0 Å². The maximum Gasteiger partial charge on any atom is 0.0330 e. The molecule has 1 saturated heterocycles. The van der Waals surface area contributed by atoms with Gasteiger partial charge in [-0.05, 0) is 65.2 Å². The number of hydrogen-bond donors (Lipinski definition) is 1. The SMILES string of the molecule is CN(CC1NCCCC1(C)C)CC1(N(C)C)CCC1. The third kappa shape index (κ3) is 3.32. The lowest BCUT2D eigenvalue weighted by atomic mass is 9.74. The molecule has 1 unspecified atom stereocenters. The quantitative estimate of drug-likeness (QED) is 0.824. The van der Waals surface area contributed by atoms with Gasteiger partial charge in [-0.2, -0.15) is 0 Å². The van der Waals surface area contributed by atoms with Crippen LogP contribution in [0, 0.1) is 5.41 Å². The first-order valence-electron chi connectivity index (χ1n) is 7.95. The second-order valence-corrected chi connectivity index (χ2v) is 7.77. The monoisotopic (exact) mass is 267 g/mol. The molecule has 2 aliphatic rings. The van der Waals surface area contributed by atoms with Gasteiger partial charge in [0.2, 0.25) is 0 Å². The van der Waals surface area contributed by atoms with Crippen molar-refractivity contribution in [2.45, 2.75) is 57.5 Å². The zero-order valence-corrected chi connectivity index (χ0v) is 13.6. The second-order valence-electron chi connectivity index (χ2n) is 7.77. The van der Waals surface area contributed by atoms with Crippen molar-refractivity contribution in [3.05, 3.63) is 0 Å². The number of nitrogens with zero attached hydrogens (tertiary/aromatic N) is 2. The summed E-state index contributed by atoms with van der Waals surface area (Å²) in [7, 11) is 6.79. The van der Waals surface area contributed by atoms with E-state index in [0.717, 1.165) is 0 Å². The molecule has 0 bridgehead atoms. The van der Waals surface area contributed by atoms with Crippen LogP contribution in [0.4, 0.5) is 0 Å². The second kappa shape index (κ2) is 5.71. The molecule has 0 aromatic carbocycles. The van der Waals surface area contributed by atoms with Crippen LogP contribution in [0.15, 0.2) is 0 Å². The average Bonchev–Trinajstić information content (AvgIpc) is 2.26. The van der Waals surface area contributed by atoms with E-state index in [0.29, 0.717) is 17.0 Å². The fourth-order valence-electron chi connectivity index (χ4n) is 3.79. The van der Waals surface area contributed by atoms with Gasteiger partial charge in [0.25, 0.3) is 0 Å². The summed E-state index contributed by atoms with van der Waals surface area (Å²) >= 11 is 0. The van der Waals surface area contributed by atoms with Crippen LogP contribution >= 0.6 is 0 Å². The van der Waals surface area contributed by atoms with Crippen molar-refractivity contribution in [1.29, 1.82) is 0 Å². The molecular formula is C16H33N3.